The number of benzene rings is 1. The molecule has 1 aliphatic carbocycles. The Balaban J connectivity index is 2.14. The van der Waals surface area contributed by atoms with Crippen molar-refractivity contribution in [1.82, 2.24) is 9.55 Å². The number of hydrogen-bond donors (Lipinski definition) is 1. The fraction of sp³-hybridized carbons (Fsp3) is 0.562. The van der Waals surface area contributed by atoms with Crippen LogP contribution in [0.5, 0.6) is 0 Å². The molecule has 2 unspecified atom stereocenters. The summed E-state index contributed by atoms with van der Waals surface area (Å²) in [6.07, 6.45) is 3.39. The van der Waals surface area contributed by atoms with Crippen molar-refractivity contribution in [3.8, 4) is 0 Å². The van der Waals surface area contributed by atoms with Crippen molar-refractivity contribution in [2.45, 2.75) is 58.0 Å². The second-order valence-electron chi connectivity index (χ2n) is 6.20. The highest BCUT2D eigenvalue weighted by atomic mass is 15.1. The number of imidazole rings is 1. The first kappa shape index (κ1) is 12.7. The summed E-state index contributed by atoms with van der Waals surface area (Å²) in [5.74, 6) is 1.77. The van der Waals surface area contributed by atoms with Gasteiger partial charge in [-0.1, -0.05) is 6.07 Å². The van der Waals surface area contributed by atoms with Crippen LogP contribution in [0.3, 0.4) is 0 Å². The summed E-state index contributed by atoms with van der Waals surface area (Å²) in [7, 11) is 0. The van der Waals surface area contributed by atoms with E-state index in [2.05, 4.69) is 43.5 Å². The van der Waals surface area contributed by atoms with E-state index in [1.165, 1.54) is 23.3 Å². The predicted molar refractivity (Wildman–Crippen MR) is 79.4 cm³/mol. The van der Waals surface area contributed by atoms with Gasteiger partial charge in [0.05, 0.1) is 11.0 Å². The molecule has 2 N–H and O–H groups in total. The second-order valence-corrected chi connectivity index (χ2v) is 6.20. The van der Waals surface area contributed by atoms with Crippen LogP contribution < -0.4 is 5.73 Å². The van der Waals surface area contributed by atoms with E-state index in [1.807, 2.05) is 0 Å². The molecule has 0 aliphatic heterocycles. The van der Waals surface area contributed by atoms with Crippen LogP contribution in [0.25, 0.3) is 11.0 Å². The molecular formula is C16H23N3. The number of aryl methyl sites for hydroxylation is 1. The topological polar surface area (TPSA) is 43.8 Å². The van der Waals surface area contributed by atoms with Crippen LogP contribution in [0.4, 0.5) is 0 Å². The molecule has 1 saturated carbocycles. The first-order chi connectivity index (χ1) is 9.06. The van der Waals surface area contributed by atoms with Crippen molar-refractivity contribution in [2.24, 2.45) is 5.73 Å². The molecule has 19 heavy (non-hydrogen) atoms. The van der Waals surface area contributed by atoms with Gasteiger partial charge in [0.25, 0.3) is 0 Å². The van der Waals surface area contributed by atoms with E-state index in [0.29, 0.717) is 18.0 Å². The van der Waals surface area contributed by atoms with Crippen LogP contribution in [0.2, 0.25) is 0 Å². The number of nitrogens with two attached hydrogens (primary N) is 1. The van der Waals surface area contributed by atoms with Crippen molar-refractivity contribution in [3.05, 3.63) is 29.6 Å². The molecule has 0 radical (unpaired) electrons. The number of fused-ring (bicyclic) bond motifs is 1. The maximum Gasteiger partial charge on any atom is 0.113 e. The number of rotatable bonds is 2. The monoisotopic (exact) mass is 257 g/mol. The molecule has 3 nitrogen and oxygen atoms in total. The van der Waals surface area contributed by atoms with Gasteiger partial charge in [0, 0.05) is 18.0 Å². The van der Waals surface area contributed by atoms with E-state index in [0.717, 1.165) is 18.4 Å². The van der Waals surface area contributed by atoms with Gasteiger partial charge < -0.3 is 10.3 Å². The van der Waals surface area contributed by atoms with E-state index in [9.17, 15) is 0 Å². The Kier molecular flexibility index (Phi) is 3.09. The van der Waals surface area contributed by atoms with Gasteiger partial charge in [0.2, 0.25) is 0 Å². The minimum atomic E-state index is 0.354. The third-order valence-electron chi connectivity index (χ3n) is 4.23. The first-order valence-corrected chi connectivity index (χ1v) is 7.30. The van der Waals surface area contributed by atoms with Gasteiger partial charge in [-0.25, -0.2) is 4.98 Å². The molecule has 3 heteroatoms. The largest absolute Gasteiger partial charge is 0.328 e. The molecule has 102 valence electrons. The minimum absolute atomic E-state index is 0.354. The van der Waals surface area contributed by atoms with Crippen molar-refractivity contribution in [3.63, 3.8) is 0 Å². The highest BCUT2D eigenvalue weighted by Crippen LogP contribution is 2.36. The summed E-state index contributed by atoms with van der Waals surface area (Å²) in [6, 6.07) is 7.36. The number of hydrogen-bond acceptors (Lipinski definition) is 2. The van der Waals surface area contributed by atoms with Crippen LogP contribution in [-0.4, -0.2) is 15.6 Å². The molecule has 2 atom stereocenters. The van der Waals surface area contributed by atoms with Crippen molar-refractivity contribution < 1.29 is 0 Å². The Morgan fingerprint density at radius 3 is 2.74 bits per heavy atom. The third kappa shape index (κ3) is 2.16. The van der Waals surface area contributed by atoms with Crippen molar-refractivity contribution in [2.75, 3.05) is 0 Å². The summed E-state index contributed by atoms with van der Waals surface area (Å²) >= 11 is 0. The van der Waals surface area contributed by atoms with Gasteiger partial charge in [-0.15, -0.1) is 0 Å². The van der Waals surface area contributed by atoms with Crippen molar-refractivity contribution in [1.29, 1.82) is 0 Å². The second kappa shape index (κ2) is 4.64. The third-order valence-corrected chi connectivity index (χ3v) is 4.23. The van der Waals surface area contributed by atoms with E-state index in [4.69, 9.17) is 10.7 Å². The van der Waals surface area contributed by atoms with Crippen molar-refractivity contribution >= 4 is 11.0 Å². The summed E-state index contributed by atoms with van der Waals surface area (Å²) in [5.41, 5.74) is 9.73. The maximum absolute atomic E-state index is 6.07. The molecule has 0 amide bonds. The maximum atomic E-state index is 6.07. The number of aromatic nitrogens is 2. The molecule has 0 saturated heterocycles. The van der Waals surface area contributed by atoms with Gasteiger partial charge in [-0.2, -0.15) is 0 Å². The van der Waals surface area contributed by atoms with E-state index >= 15 is 0 Å². The molecule has 2 aromatic rings. The van der Waals surface area contributed by atoms with E-state index in [-0.39, 0.29) is 0 Å². The predicted octanol–water partition coefficient (Wildman–Crippen LogP) is 3.52. The van der Waals surface area contributed by atoms with Gasteiger partial charge in [0.1, 0.15) is 5.82 Å². The summed E-state index contributed by atoms with van der Waals surface area (Å²) < 4.78 is 2.40. The smallest absolute Gasteiger partial charge is 0.113 e. The molecule has 3 rings (SSSR count). The van der Waals surface area contributed by atoms with E-state index < -0.39 is 0 Å². The molecule has 1 aliphatic rings. The average Bonchev–Trinajstić information content (AvgIpc) is 2.91. The molecule has 0 bridgehead atoms. The lowest BCUT2D eigenvalue weighted by Gasteiger charge is -2.17. The van der Waals surface area contributed by atoms with Gasteiger partial charge >= 0.3 is 0 Å². The molecule has 1 aromatic heterocycles. The van der Waals surface area contributed by atoms with Crippen LogP contribution in [-0.2, 0) is 0 Å². The fourth-order valence-corrected chi connectivity index (χ4v) is 3.31. The molecule has 0 spiro atoms. The standard InChI is InChI=1S/C16H23N3/c1-10(2)19-15-7-4-11(3)8-14(15)18-16(19)12-5-6-13(17)9-12/h4,7-8,10,12-13H,5-6,9,17H2,1-3H3. The quantitative estimate of drug-likeness (QED) is 0.894. The normalized spacial score (nSPS) is 23.6. The summed E-state index contributed by atoms with van der Waals surface area (Å²) in [5, 5.41) is 0. The van der Waals surface area contributed by atoms with Crippen LogP contribution in [0.1, 0.15) is 56.5 Å². The summed E-state index contributed by atoms with van der Waals surface area (Å²) in [6.45, 7) is 6.59. The zero-order valence-electron chi connectivity index (χ0n) is 12.1. The minimum Gasteiger partial charge on any atom is -0.328 e. The lowest BCUT2D eigenvalue weighted by molar-refractivity contribution is 0.536. The SMILES string of the molecule is Cc1ccc2c(c1)nc(C1CCC(N)C1)n2C(C)C. The van der Waals surface area contributed by atoms with Crippen LogP contribution in [0, 0.1) is 6.92 Å². The van der Waals surface area contributed by atoms with E-state index in [1.54, 1.807) is 0 Å². The van der Waals surface area contributed by atoms with Gasteiger partial charge in [0.15, 0.2) is 0 Å². The Hall–Kier alpha value is -1.35. The Labute approximate surface area is 114 Å². The molecule has 1 aromatic carbocycles. The highest BCUT2D eigenvalue weighted by Gasteiger charge is 2.28. The lowest BCUT2D eigenvalue weighted by Crippen LogP contribution is -2.16. The lowest BCUT2D eigenvalue weighted by atomic mass is 10.1. The Bertz CT molecular complexity index is 597. The first-order valence-electron chi connectivity index (χ1n) is 7.30. The highest BCUT2D eigenvalue weighted by molar-refractivity contribution is 5.77. The Morgan fingerprint density at radius 1 is 1.32 bits per heavy atom. The number of nitrogens with zero attached hydrogens (tertiary/aromatic N) is 2. The summed E-state index contributed by atoms with van der Waals surface area (Å²) in [4.78, 5) is 4.92. The van der Waals surface area contributed by atoms with Gasteiger partial charge in [-0.05, 0) is 57.7 Å². The fourth-order valence-electron chi connectivity index (χ4n) is 3.31. The zero-order valence-corrected chi connectivity index (χ0v) is 12.1. The zero-order chi connectivity index (χ0) is 13.6. The molecular weight excluding hydrogens is 234 g/mol. The van der Waals surface area contributed by atoms with Gasteiger partial charge in [-0.3, -0.25) is 0 Å². The van der Waals surface area contributed by atoms with Crippen LogP contribution in [0.15, 0.2) is 18.2 Å². The van der Waals surface area contributed by atoms with Crippen LogP contribution >= 0.6 is 0 Å². The molecule has 1 fully saturated rings. The average molecular weight is 257 g/mol. The Morgan fingerprint density at radius 2 is 2.11 bits per heavy atom. The molecule has 1 heterocycles.